The van der Waals surface area contributed by atoms with Crippen LogP contribution in [0.15, 0.2) is 12.4 Å². The number of piperidine rings is 1. The maximum Gasteiger partial charge on any atom is 0.239 e. The minimum absolute atomic E-state index is 0.00428. The van der Waals surface area contributed by atoms with E-state index in [1.807, 2.05) is 6.07 Å². The van der Waals surface area contributed by atoms with E-state index in [1.54, 1.807) is 0 Å². The minimum Gasteiger partial charge on any atom is -0.396 e. The fourth-order valence-corrected chi connectivity index (χ4v) is 2.85. The number of carbonyl (C=O) groups excluding carboxylic acids is 1. The SMILES string of the molecule is O=C(CNc1cc(N2CCCC(CO)C2)ncn1)NCC1CC1. The molecule has 1 aromatic heterocycles. The Labute approximate surface area is 136 Å². The first-order chi connectivity index (χ1) is 11.2. The molecule has 0 bridgehead atoms. The van der Waals surface area contributed by atoms with Crippen LogP contribution in [0.4, 0.5) is 11.6 Å². The Bertz CT molecular complexity index is 535. The van der Waals surface area contributed by atoms with Crippen LogP contribution in [0.3, 0.4) is 0 Å². The zero-order valence-electron chi connectivity index (χ0n) is 13.4. The molecular weight excluding hydrogens is 294 g/mol. The molecule has 7 heteroatoms. The molecule has 3 N–H and O–H groups in total. The minimum atomic E-state index is -0.00428. The van der Waals surface area contributed by atoms with Gasteiger partial charge in [-0.2, -0.15) is 0 Å². The molecule has 7 nitrogen and oxygen atoms in total. The third-order valence-electron chi connectivity index (χ3n) is 4.47. The standard InChI is InChI=1S/C16H25N5O2/c22-10-13-2-1-5-21(9-13)15-6-14(19-11-20-15)17-8-16(23)18-7-12-3-4-12/h6,11-13,22H,1-5,7-10H2,(H,18,23)(H,17,19,20). The van der Waals surface area contributed by atoms with E-state index in [2.05, 4.69) is 25.5 Å². The highest BCUT2D eigenvalue weighted by molar-refractivity contribution is 5.80. The summed E-state index contributed by atoms with van der Waals surface area (Å²) < 4.78 is 0. The summed E-state index contributed by atoms with van der Waals surface area (Å²) in [6.45, 7) is 2.98. The highest BCUT2D eigenvalue weighted by Gasteiger charge is 2.22. The zero-order chi connectivity index (χ0) is 16.1. The largest absolute Gasteiger partial charge is 0.396 e. The maximum atomic E-state index is 11.8. The Morgan fingerprint density at radius 3 is 2.96 bits per heavy atom. The quantitative estimate of drug-likeness (QED) is 0.683. The molecule has 0 spiro atoms. The summed E-state index contributed by atoms with van der Waals surface area (Å²) in [6, 6.07) is 1.87. The third kappa shape index (κ3) is 4.79. The lowest BCUT2D eigenvalue weighted by molar-refractivity contribution is -0.119. The third-order valence-corrected chi connectivity index (χ3v) is 4.47. The first-order valence-corrected chi connectivity index (χ1v) is 8.43. The molecule has 1 atom stereocenters. The fraction of sp³-hybridized carbons (Fsp3) is 0.688. The van der Waals surface area contributed by atoms with Gasteiger partial charge in [0, 0.05) is 32.3 Å². The smallest absolute Gasteiger partial charge is 0.239 e. The van der Waals surface area contributed by atoms with E-state index in [-0.39, 0.29) is 19.1 Å². The number of amides is 1. The number of rotatable bonds is 7. The van der Waals surface area contributed by atoms with E-state index in [9.17, 15) is 9.90 Å². The zero-order valence-corrected chi connectivity index (χ0v) is 13.4. The second-order valence-corrected chi connectivity index (χ2v) is 6.50. The number of aromatic nitrogens is 2. The van der Waals surface area contributed by atoms with Gasteiger partial charge in [0.15, 0.2) is 0 Å². The van der Waals surface area contributed by atoms with Gasteiger partial charge in [0.2, 0.25) is 5.91 Å². The van der Waals surface area contributed by atoms with Gasteiger partial charge in [0.25, 0.3) is 0 Å². The summed E-state index contributed by atoms with van der Waals surface area (Å²) in [7, 11) is 0. The van der Waals surface area contributed by atoms with Crippen LogP contribution in [-0.4, -0.2) is 53.8 Å². The molecule has 0 aromatic carbocycles. The summed E-state index contributed by atoms with van der Waals surface area (Å²) in [5.74, 6) is 2.49. The van der Waals surface area contributed by atoms with Crippen molar-refractivity contribution in [3.63, 3.8) is 0 Å². The predicted molar refractivity (Wildman–Crippen MR) is 88.3 cm³/mol. The lowest BCUT2D eigenvalue weighted by atomic mass is 9.99. The van der Waals surface area contributed by atoms with Crippen molar-refractivity contribution in [2.45, 2.75) is 25.7 Å². The summed E-state index contributed by atoms with van der Waals surface area (Å²) in [5.41, 5.74) is 0. The second-order valence-electron chi connectivity index (χ2n) is 6.50. The van der Waals surface area contributed by atoms with E-state index >= 15 is 0 Å². The summed E-state index contributed by atoms with van der Waals surface area (Å²) in [5, 5.41) is 15.3. The fourth-order valence-electron chi connectivity index (χ4n) is 2.85. The monoisotopic (exact) mass is 319 g/mol. The van der Waals surface area contributed by atoms with Crippen LogP contribution in [0.5, 0.6) is 0 Å². The number of nitrogens with one attached hydrogen (secondary N) is 2. The van der Waals surface area contributed by atoms with Crippen LogP contribution in [0, 0.1) is 11.8 Å². The first kappa shape index (κ1) is 16.0. The van der Waals surface area contributed by atoms with E-state index in [4.69, 9.17) is 0 Å². The van der Waals surface area contributed by atoms with Crippen LogP contribution in [-0.2, 0) is 4.79 Å². The molecule has 1 unspecified atom stereocenters. The molecule has 2 fully saturated rings. The maximum absolute atomic E-state index is 11.8. The number of aliphatic hydroxyl groups is 1. The average molecular weight is 319 g/mol. The average Bonchev–Trinajstić information content (AvgIpc) is 3.43. The van der Waals surface area contributed by atoms with Gasteiger partial charge in [-0.15, -0.1) is 0 Å². The lowest BCUT2D eigenvalue weighted by Gasteiger charge is -2.32. The Balaban J connectivity index is 1.51. The lowest BCUT2D eigenvalue weighted by Crippen LogP contribution is -2.37. The van der Waals surface area contributed by atoms with Crippen molar-refractivity contribution in [3.8, 4) is 0 Å². The van der Waals surface area contributed by atoms with Gasteiger partial charge >= 0.3 is 0 Å². The van der Waals surface area contributed by atoms with Crippen molar-refractivity contribution in [1.82, 2.24) is 15.3 Å². The number of anilines is 2. The van der Waals surface area contributed by atoms with Crippen LogP contribution in [0.2, 0.25) is 0 Å². The Hall–Kier alpha value is -1.89. The van der Waals surface area contributed by atoms with Crippen molar-refractivity contribution < 1.29 is 9.90 Å². The molecular formula is C16H25N5O2. The van der Waals surface area contributed by atoms with Crippen molar-refractivity contribution in [1.29, 1.82) is 0 Å². The van der Waals surface area contributed by atoms with E-state index in [1.165, 1.54) is 19.2 Å². The topological polar surface area (TPSA) is 90.4 Å². The molecule has 1 aromatic rings. The van der Waals surface area contributed by atoms with Gasteiger partial charge in [-0.25, -0.2) is 9.97 Å². The predicted octanol–water partition coefficient (Wildman–Crippen LogP) is 0.623. The number of aliphatic hydroxyl groups excluding tert-OH is 1. The molecule has 3 rings (SSSR count). The first-order valence-electron chi connectivity index (χ1n) is 8.43. The van der Waals surface area contributed by atoms with Crippen LogP contribution in [0.25, 0.3) is 0 Å². The molecule has 126 valence electrons. The number of carbonyl (C=O) groups is 1. The van der Waals surface area contributed by atoms with Gasteiger partial charge in [-0.3, -0.25) is 4.79 Å². The van der Waals surface area contributed by atoms with E-state index in [0.29, 0.717) is 17.7 Å². The van der Waals surface area contributed by atoms with E-state index in [0.717, 1.165) is 38.3 Å². The van der Waals surface area contributed by atoms with Crippen molar-refractivity contribution in [2.24, 2.45) is 11.8 Å². The molecule has 2 aliphatic rings. The summed E-state index contributed by atoms with van der Waals surface area (Å²) in [4.78, 5) is 22.4. The number of hydrogen-bond acceptors (Lipinski definition) is 6. The van der Waals surface area contributed by atoms with Crippen LogP contribution >= 0.6 is 0 Å². The molecule has 2 heterocycles. The second kappa shape index (κ2) is 7.59. The normalized spacial score (nSPS) is 21.1. The van der Waals surface area contributed by atoms with E-state index < -0.39 is 0 Å². The molecule has 0 radical (unpaired) electrons. The van der Waals surface area contributed by atoms with Crippen molar-refractivity contribution in [3.05, 3.63) is 12.4 Å². The van der Waals surface area contributed by atoms with Crippen molar-refractivity contribution >= 4 is 17.5 Å². The molecule has 1 aliphatic carbocycles. The van der Waals surface area contributed by atoms with Gasteiger partial charge in [-0.05, 0) is 37.5 Å². The highest BCUT2D eigenvalue weighted by Crippen LogP contribution is 2.27. The van der Waals surface area contributed by atoms with Crippen LogP contribution in [0.1, 0.15) is 25.7 Å². The number of nitrogens with zero attached hydrogens (tertiary/aromatic N) is 3. The highest BCUT2D eigenvalue weighted by atomic mass is 16.3. The molecule has 1 aliphatic heterocycles. The molecule has 1 saturated carbocycles. The van der Waals surface area contributed by atoms with Gasteiger partial charge < -0.3 is 20.6 Å². The summed E-state index contributed by atoms with van der Waals surface area (Å²) in [6.07, 6.45) is 6.09. The molecule has 1 saturated heterocycles. The molecule has 1 amide bonds. The summed E-state index contributed by atoms with van der Waals surface area (Å²) >= 11 is 0. The number of hydrogen-bond donors (Lipinski definition) is 3. The van der Waals surface area contributed by atoms with Gasteiger partial charge in [-0.1, -0.05) is 0 Å². The Kier molecular flexibility index (Phi) is 5.27. The van der Waals surface area contributed by atoms with Gasteiger partial charge in [0.05, 0.1) is 6.54 Å². The van der Waals surface area contributed by atoms with Gasteiger partial charge in [0.1, 0.15) is 18.0 Å². The molecule has 23 heavy (non-hydrogen) atoms. The van der Waals surface area contributed by atoms with Crippen LogP contribution < -0.4 is 15.5 Å². The Morgan fingerprint density at radius 2 is 2.17 bits per heavy atom. The van der Waals surface area contributed by atoms with Crippen molar-refractivity contribution in [2.75, 3.05) is 43.0 Å². The Morgan fingerprint density at radius 1 is 1.30 bits per heavy atom.